The maximum absolute atomic E-state index is 12.0. The summed E-state index contributed by atoms with van der Waals surface area (Å²) in [6.07, 6.45) is 1.42. The van der Waals surface area contributed by atoms with Crippen molar-refractivity contribution < 1.29 is 4.79 Å². The van der Waals surface area contributed by atoms with E-state index < -0.39 is 5.69 Å². The molecule has 0 aliphatic carbocycles. The molecule has 0 saturated heterocycles. The average molecular weight is 221 g/mol. The molecule has 0 spiro atoms. The number of hydrogen-bond donors (Lipinski definition) is 1. The van der Waals surface area contributed by atoms with Crippen molar-refractivity contribution >= 4 is 11.6 Å². The summed E-state index contributed by atoms with van der Waals surface area (Å²) in [5.74, 6) is -0.214. The predicted octanol–water partition coefficient (Wildman–Crippen LogP) is 0.902. The summed E-state index contributed by atoms with van der Waals surface area (Å²) in [6.45, 7) is 5.42. The second-order valence-corrected chi connectivity index (χ2v) is 3.89. The van der Waals surface area contributed by atoms with Crippen molar-refractivity contribution in [3.05, 3.63) is 33.4 Å². The van der Waals surface area contributed by atoms with Gasteiger partial charge in [0.05, 0.1) is 5.56 Å². The Morgan fingerprint density at radius 2 is 1.94 bits per heavy atom. The van der Waals surface area contributed by atoms with Crippen molar-refractivity contribution in [2.24, 2.45) is 7.05 Å². The fraction of sp³-hybridized carbons (Fsp3) is 0.364. The van der Waals surface area contributed by atoms with Gasteiger partial charge < -0.3 is 10.3 Å². The van der Waals surface area contributed by atoms with Crippen LogP contribution in [0.2, 0.25) is 0 Å². The van der Waals surface area contributed by atoms with Crippen molar-refractivity contribution in [2.45, 2.75) is 20.8 Å². The van der Waals surface area contributed by atoms with Gasteiger partial charge in [-0.2, -0.15) is 4.98 Å². The number of nitrogens with zero attached hydrogens (tertiary/aromatic N) is 2. The lowest BCUT2D eigenvalue weighted by molar-refractivity contribution is 0.103. The summed E-state index contributed by atoms with van der Waals surface area (Å²) in [5.41, 5.74) is 6.89. The molecule has 1 aromatic rings. The van der Waals surface area contributed by atoms with Crippen molar-refractivity contribution in [3.8, 4) is 0 Å². The lowest BCUT2D eigenvalue weighted by Crippen LogP contribution is -2.24. The van der Waals surface area contributed by atoms with Crippen LogP contribution >= 0.6 is 0 Å². The molecule has 86 valence electrons. The van der Waals surface area contributed by atoms with Gasteiger partial charge in [0.25, 0.3) is 0 Å². The Kier molecular flexibility index (Phi) is 3.27. The van der Waals surface area contributed by atoms with Crippen molar-refractivity contribution in [2.75, 3.05) is 5.73 Å². The summed E-state index contributed by atoms with van der Waals surface area (Å²) in [6, 6.07) is 0. The third-order valence-electron chi connectivity index (χ3n) is 2.45. The first-order valence-corrected chi connectivity index (χ1v) is 4.86. The van der Waals surface area contributed by atoms with Crippen molar-refractivity contribution in [3.63, 3.8) is 0 Å². The van der Waals surface area contributed by atoms with Gasteiger partial charge in [-0.3, -0.25) is 4.79 Å². The number of hydrogen-bond acceptors (Lipinski definition) is 4. The fourth-order valence-electron chi connectivity index (χ4n) is 1.16. The van der Waals surface area contributed by atoms with E-state index in [9.17, 15) is 9.59 Å². The maximum Gasteiger partial charge on any atom is 0.349 e. The Bertz CT molecular complexity index is 523. The first-order valence-electron chi connectivity index (χ1n) is 4.86. The monoisotopic (exact) mass is 221 g/mol. The van der Waals surface area contributed by atoms with Gasteiger partial charge in [-0.05, 0) is 26.3 Å². The Hall–Kier alpha value is -1.91. The predicted molar refractivity (Wildman–Crippen MR) is 62.3 cm³/mol. The molecule has 0 atom stereocenters. The number of nitrogens with two attached hydrogens (primary N) is 1. The highest BCUT2D eigenvalue weighted by Gasteiger charge is 2.15. The Morgan fingerprint density at radius 1 is 1.38 bits per heavy atom. The van der Waals surface area contributed by atoms with Crippen LogP contribution in [0.25, 0.3) is 0 Å². The van der Waals surface area contributed by atoms with E-state index in [0.717, 1.165) is 5.57 Å². The lowest BCUT2D eigenvalue weighted by Gasteiger charge is -2.07. The van der Waals surface area contributed by atoms with E-state index in [1.165, 1.54) is 17.8 Å². The number of rotatable bonds is 2. The average Bonchev–Trinajstić information content (AvgIpc) is 2.21. The van der Waals surface area contributed by atoms with Crippen molar-refractivity contribution in [1.29, 1.82) is 0 Å². The van der Waals surface area contributed by atoms with Crippen molar-refractivity contribution in [1.82, 2.24) is 9.55 Å². The maximum atomic E-state index is 12.0. The molecule has 1 rings (SSSR count). The van der Waals surface area contributed by atoms with Crippen LogP contribution < -0.4 is 11.4 Å². The molecule has 0 aliphatic heterocycles. The van der Waals surface area contributed by atoms with Gasteiger partial charge in [-0.1, -0.05) is 5.57 Å². The topological polar surface area (TPSA) is 78.0 Å². The second-order valence-electron chi connectivity index (χ2n) is 3.89. The van der Waals surface area contributed by atoms with Crippen LogP contribution in [0.1, 0.15) is 31.1 Å². The lowest BCUT2D eigenvalue weighted by atomic mass is 10.0. The van der Waals surface area contributed by atoms with Crippen LogP contribution in [0.5, 0.6) is 0 Å². The Labute approximate surface area is 93.6 Å². The molecular formula is C11H15N3O2. The molecule has 0 radical (unpaired) electrons. The molecule has 16 heavy (non-hydrogen) atoms. The van der Waals surface area contributed by atoms with Gasteiger partial charge in [0.1, 0.15) is 5.82 Å². The normalized spacial score (nSPS) is 10.0. The quantitative estimate of drug-likeness (QED) is 0.594. The van der Waals surface area contributed by atoms with Crippen LogP contribution in [0, 0.1) is 0 Å². The first kappa shape index (κ1) is 12.2. The number of Topliss-reactive ketones (excluding diaryl/α,β-unsaturated/α-hetero) is 1. The highest BCUT2D eigenvalue weighted by molar-refractivity contribution is 6.11. The zero-order chi connectivity index (χ0) is 12.5. The molecule has 0 bridgehead atoms. The Balaban J connectivity index is 3.36. The van der Waals surface area contributed by atoms with Crippen LogP contribution in [0.4, 0.5) is 5.82 Å². The van der Waals surface area contributed by atoms with Crippen LogP contribution in [0.15, 0.2) is 22.1 Å². The van der Waals surface area contributed by atoms with Gasteiger partial charge in [-0.25, -0.2) is 4.79 Å². The fourth-order valence-corrected chi connectivity index (χ4v) is 1.16. The number of carbonyl (C=O) groups is 1. The second kappa shape index (κ2) is 4.30. The number of carbonyl (C=O) groups excluding carboxylic acids is 1. The van der Waals surface area contributed by atoms with Gasteiger partial charge in [0, 0.05) is 13.2 Å². The van der Waals surface area contributed by atoms with Crippen LogP contribution in [-0.4, -0.2) is 15.3 Å². The molecular weight excluding hydrogens is 206 g/mol. The number of aromatic nitrogens is 2. The van der Waals surface area contributed by atoms with Gasteiger partial charge in [0.2, 0.25) is 0 Å². The largest absolute Gasteiger partial charge is 0.383 e. The molecule has 5 nitrogen and oxygen atoms in total. The molecule has 0 amide bonds. The van der Waals surface area contributed by atoms with E-state index in [0.29, 0.717) is 5.57 Å². The Morgan fingerprint density at radius 3 is 2.44 bits per heavy atom. The summed E-state index contributed by atoms with van der Waals surface area (Å²) in [5, 5.41) is 0. The third kappa shape index (κ3) is 2.18. The molecule has 5 heteroatoms. The molecule has 2 N–H and O–H groups in total. The van der Waals surface area contributed by atoms with Gasteiger partial charge in [-0.15, -0.1) is 0 Å². The molecule has 1 aromatic heterocycles. The molecule has 0 unspecified atom stereocenters. The van der Waals surface area contributed by atoms with E-state index in [1.807, 2.05) is 13.8 Å². The number of ketones is 1. The number of aryl methyl sites for hydroxylation is 1. The zero-order valence-electron chi connectivity index (χ0n) is 9.87. The van der Waals surface area contributed by atoms with E-state index in [2.05, 4.69) is 4.98 Å². The minimum atomic E-state index is -0.469. The number of nitrogen functional groups attached to an aromatic ring is 1. The molecule has 0 fully saturated rings. The van der Waals surface area contributed by atoms with Crippen LogP contribution in [0.3, 0.4) is 0 Å². The zero-order valence-corrected chi connectivity index (χ0v) is 9.87. The first-order chi connectivity index (χ1) is 7.34. The third-order valence-corrected chi connectivity index (χ3v) is 2.45. The van der Waals surface area contributed by atoms with E-state index in [-0.39, 0.29) is 17.2 Å². The minimum absolute atomic E-state index is 0.0197. The summed E-state index contributed by atoms with van der Waals surface area (Å²) < 4.78 is 1.24. The molecule has 0 saturated carbocycles. The summed E-state index contributed by atoms with van der Waals surface area (Å²) in [7, 11) is 1.53. The highest BCUT2D eigenvalue weighted by Crippen LogP contribution is 2.14. The van der Waals surface area contributed by atoms with Crippen LogP contribution in [-0.2, 0) is 7.05 Å². The molecule has 1 heterocycles. The summed E-state index contributed by atoms with van der Waals surface area (Å²) >= 11 is 0. The smallest absolute Gasteiger partial charge is 0.349 e. The molecule has 0 aliphatic rings. The SMILES string of the molecule is CC(C)=C(C)C(=O)c1cn(C)c(=O)nc1N. The minimum Gasteiger partial charge on any atom is -0.383 e. The van der Waals surface area contributed by atoms with Gasteiger partial charge >= 0.3 is 5.69 Å². The number of anilines is 1. The van der Waals surface area contributed by atoms with E-state index in [4.69, 9.17) is 5.73 Å². The summed E-state index contributed by atoms with van der Waals surface area (Å²) in [4.78, 5) is 26.7. The van der Waals surface area contributed by atoms with E-state index >= 15 is 0 Å². The van der Waals surface area contributed by atoms with E-state index in [1.54, 1.807) is 6.92 Å². The molecule has 0 aromatic carbocycles. The van der Waals surface area contributed by atoms with Gasteiger partial charge in [0.15, 0.2) is 5.78 Å². The highest BCUT2D eigenvalue weighted by atomic mass is 16.1. The number of allylic oxidation sites excluding steroid dienone is 2. The standard InChI is InChI=1S/C11H15N3O2/c1-6(2)7(3)9(15)8-5-14(4)11(16)13-10(8)12/h5H,1-4H3,(H2,12,13,16).